The Balaban J connectivity index is 1.85. The van der Waals surface area contributed by atoms with Crippen LogP contribution in [0.3, 0.4) is 0 Å². The van der Waals surface area contributed by atoms with Gasteiger partial charge in [-0.3, -0.25) is 9.10 Å². The number of carbonyl (C=O) groups excluding carboxylic acids is 1. The second-order valence-electron chi connectivity index (χ2n) is 7.98. The molecule has 0 unspecified atom stereocenters. The van der Waals surface area contributed by atoms with Crippen molar-refractivity contribution in [1.29, 1.82) is 0 Å². The maximum absolute atomic E-state index is 13.4. The molecule has 3 aromatic rings. The Morgan fingerprint density at radius 3 is 2.23 bits per heavy atom. The molecule has 1 amide bonds. The van der Waals surface area contributed by atoms with Gasteiger partial charge in [0, 0.05) is 6.07 Å². The minimum atomic E-state index is -4.06. The molecule has 0 radical (unpaired) electrons. The Kier molecular flexibility index (Phi) is 8.48. The third kappa shape index (κ3) is 6.39. The molecule has 0 atom stereocenters. The van der Waals surface area contributed by atoms with Crippen molar-refractivity contribution in [2.75, 3.05) is 25.1 Å². The van der Waals surface area contributed by atoms with Crippen LogP contribution in [0.25, 0.3) is 0 Å². The first-order valence-corrected chi connectivity index (χ1v) is 12.4. The maximum Gasteiger partial charge on any atom is 0.264 e. The fraction of sp³-hybridized carbons (Fsp3) is 0.231. The molecular formula is C26H29N3O5S. The molecular weight excluding hydrogens is 466 g/mol. The number of nitrogens with one attached hydrogen (secondary N) is 1. The largest absolute Gasteiger partial charge is 0.493 e. The molecule has 35 heavy (non-hydrogen) atoms. The summed E-state index contributed by atoms with van der Waals surface area (Å²) in [6.07, 6.45) is 1.51. The quantitative estimate of drug-likeness (QED) is 0.336. The van der Waals surface area contributed by atoms with Gasteiger partial charge in [-0.1, -0.05) is 56.3 Å². The molecule has 0 aromatic heterocycles. The number of ether oxygens (including phenoxy) is 2. The van der Waals surface area contributed by atoms with Crippen molar-refractivity contribution in [1.82, 2.24) is 5.43 Å². The fourth-order valence-electron chi connectivity index (χ4n) is 3.33. The van der Waals surface area contributed by atoms with E-state index in [9.17, 15) is 13.2 Å². The van der Waals surface area contributed by atoms with E-state index in [2.05, 4.69) is 24.4 Å². The molecule has 0 saturated carbocycles. The second kappa shape index (κ2) is 11.5. The summed E-state index contributed by atoms with van der Waals surface area (Å²) in [6.45, 7) is 3.73. The minimum absolute atomic E-state index is 0.0522. The monoisotopic (exact) mass is 495 g/mol. The number of carbonyl (C=O) groups is 1. The van der Waals surface area contributed by atoms with E-state index in [-0.39, 0.29) is 10.6 Å². The zero-order chi connectivity index (χ0) is 25.4. The Hall–Kier alpha value is -3.85. The highest BCUT2D eigenvalue weighted by Crippen LogP contribution is 2.33. The molecule has 184 valence electrons. The SMILES string of the molecule is COc1ccc(N(CC(=O)N/N=C\c2ccc(C(C)C)cc2)S(=O)(=O)c2ccccc2)cc1OC. The van der Waals surface area contributed by atoms with E-state index < -0.39 is 22.5 Å². The summed E-state index contributed by atoms with van der Waals surface area (Å²) in [6, 6.07) is 20.3. The standard InChI is InChI=1S/C26H29N3O5S/c1-19(2)21-12-10-20(11-13-21)17-27-28-26(30)18-29(35(31,32)23-8-6-5-7-9-23)22-14-15-24(33-3)25(16-22)34-4/h5-17,19H,18H2,1-4H3,(H,28,30)/b27-17-. The van der Waals surface area contributed by atoms with Crippen molar-refractivity contribution in [2.24, 2.45) is 5.10 Å². The number of sulfonamides is 1. The van der Waals surface area contributed by atoms with Crippen LogP contribution >= 0.6 is 0 Å². The molecule has 0 bridgehead atoms. The highest BCUT2D eigenvalue weighted by atomic mass is 32.2. The summed E-state index contributed by atoms with van der Waals surface area (Å²) in [5, 5.41) is 3.99. The molecule has 0 spiro atoms. The van der Waals surface area contributed by atoms with Gasteiger partial charge in [-0.2, -0.15) is 5.10 Å². The van der Waals surface area contributed by atoms with E-state index in [0.717, 1.165) is 9.87 Å². The van der Waals surface area contributed by atoms with Gasteiger partial charge in [-0.05, 0) is 41.3 Å². The number of hydrazone groups is 1. The molecule has 3 rings (SSSR count). The van der Waals surface area contributed by atoms with E-state index in [1.165, 1.54) is 44.2 Å². The molecule has 8 nitrogen and oxygen atoms in total. The van der Waals surface area contributed by atoms with Crippen LogP contribution in [0.5, 0.6) is 11.5 Å². The van der Waals surface area contributed by atoms with Crippen molar-refractivity contribution < 1.29 is 22.7 Å². The first kappa shape index (κ1) is 25.8. The van der Waals surface area contributed by atoms with Crippen LogP contribution in [-0.2, 0) is 14.8 Å². The number of nitrogens with zero attached hydrogens (tertiary/aromatic N) is 2. The summed E-state index contributed by atoms with van der Waals surface area (Å²) in [7, 11) is -1.12. The van der Waals surface area contributed by atoms with E-state index in [1.54, 1.807) is 30.3 Å². The summed E-state index contributed by atoms with van der Waals surface area (Å²) in [5.41, 5.74) is 4.66. The first-order valence-electron chi connectivity index (χ1n) is 11.0. The van der Waals surface area contributed by atoms with Crippen LogP contribution in [0.15, 0.2) is 82.8 Å². The zero-order valence-corrected chi connectivity index (χ0v) is 21.0. The summed E-state index contributed by atoms with van der Waals surface area (Å²) in [5.74, 6) is 0.580. The normalized spacial score (nSPS) is 11.5. The van der Waals surface area contributed by atoms with Gasteiger partial charge in [0.15, 0.2) is 11.5 Å². The highest BCUT2D eigenvalue weighted by Gasteiger charge is 2.28. The number of hydrogen-bond donors (Lipinski definition) is 1. The topological polar surface area (TPSA) is 97.3 Å². The third-order valence-electron chi connectivity index (χ3n) is 5.28. The van der Waals surface area contributed by atoms with E-state index >= 15 is 0 Å². The van der Waals surface area contributed by atoms with Crippen molar-refractivity contribution in [3.63, 3.8) is 0 Å². The molecule has 1 N–H and O–H groups in total. The van der Waals surface area contributed by atoms with Gasteiger partial charge in [0.25, 0.3) is 15.9 Å². The number of methoxy groups -OCH3 is 2. The van der Waals surface area contributed by atoms with Gasteiger partial charge >= 0.3 is 0 Å². The molecule has 0 aliphatic rings. The fourth-order valence-corrected chi connectivity index (χ4v) is 4.76. The summed E-state index contributed by atoms with van der Waals surface area (Å²) < 4.78 is 38.4. The van der Waals surface area contributed by atoms with Gasteiger partial charge in [0.05, 0.1) is 31.0 Å². The van der Waals surface area contributed by atoms with Crippen molar-refractivity contribution in [3.8, 4) is 11.5 Å². The van der Waals surface area contributed by atoms with Crippen LogP contribution in [0.1, 0.15) is 30.9 Å². The zero-order valence-electron chi connectivity index (χ0n) is 20.1. The van der Waals surface area contributed by atoms with E-state index in [1.807, 2.05) is 24.3 Å². The number of rotatable bonds is 10. The Morgan fingerprint density at radius 1 is 0.971 bits per heavy atom. The van der Waals surface area contributed by atoms with Crippen LogP contribution in [0.4, 0.5) is 5.69 Å². The van der Waals surface area contributed by atoms with Crippen molar-refractivity contribution in [2.45, 2.75) is 24.7 Å². The first-order chi connectivity index (χ1) is 16.8. The maximum atomic E-state index is 13.4. The second-order valence-corrected chi connectivity index (χ2v) is 9.84. The summed E-state index contributed by atoms with van der Waals surface area (Å²) in [4.78, 5) is 12.8. The molecule has 0 saturated heterocycles. The van der Waals surface area contributed by atoms with Crippen molar-refractivity contribution >= 4 is 27.8 Å². The molecule has 0 aliphatic carbocycles. The lowest BCUT2D eigenvalue weighted by molar-refractivity contribution is -0.119. The number of anilines is 1. The van der Waals surface area contributed by atoms with Crippen LogP contribution < -0.4 is 19.2 Å². The van der Waals surface area contributed by atoms with Crippen LogP contribution in [0.2, 0.25) is 0 Å². The lowest BCUT2D eigenvalue weighted by Crippen LogP contribution is -2.39. The van der Waals surface area contributed by atoms with E-state index in [0.29, 0.717) is 17.4 Å². The average Bonchev–Trinajstić information content (AvgIpc) is 2.87. The van der Waals surface area contributed by atoms with Gasteiger partial charge in [-0.15, -0.1) is 0 Å². The molecule has 9 heteroatoms. The minimum Gasteiger partial charge on any atom is -0.493 e. The van der Waals surface area contributed by atoms with Crippen molar-refractivity contribution in [3.05, 3.63) is 83.9 Å². The number of hydrogen-bond acceptors (Lipinski definition) is 6. The highest BCUT2D eigenvalue weighted by molar-refractivity contribution is 7.92. The molecule has 0 fully saturated rings. The van der Waals surface area contributed by atoms with Gasteiger partial charge in [-0.25, -0.2) is 13.8 Å². The third-order valence-corrected chi connectivity index (χ3v) is 7.07. The van der Waals surface area contributed by atoms with Gasteiger partial charge in [0.2, 0.25) is 0 Å². The lowest BCUT2D eigenvalue weighted by atomic mass is 10.0. The lowest BCUT2D eigenvalue weighted by Gasteiger charge is -2.24. The Bertz CT molecular complexity index is 1270. The average molecular weight is 496 g/mol. The number of amides is 1. The van der Waals surface area contributed by atoms with Crippen LogP contribution in [0, 0.1) is 0 Å². The molecule has 3 aromatic carbocycles. The van der Waals surface area contributed by atoms with E-state index in [4.69, 9.17) is 9.47 Å². The van der Waals surface area contributed by atoms with Gasteiger partial charge < -0.3 is 9.47 Å². The Labute approximate surface area is 206 Å². The predicted octanol–water partition coefficient (Wildman–Crippen LogP) is 4.17. The predicted molar refractivity (Wildman–Crippen MR) is 137 cm³/mol. The van der Waals surface area contributed by atoms with Crippen LogP contribution in [-0.4, -0.2) is 41.3 Å². The molecule has 0 heterocycles. The smallest absolute Gasteiger partial charge is 0.264 e. The summed E-state index contributed by atoms with van der Waals surface area (Å²) >= 11 is 0. The molecule has 0 aliphatic heterocycles. The Morgan fingerprint density at radius 2 is 1.63 bits per heavy atom. The number of benzene rings is 3. The van der Waals surface area contributed by atoms with Gasteiger partial charge in [0.1, 0.15) is 6.54 Å².